The highest BCUT2D eigenvalue weighted by atomic mass is 32.2. The van der Waals surface area contributed by atoms with E-state index in [4.69, 9.17) is 10.0 Å². The van der Waals surface area contributed by atoms with E-state index in [1.165, 1.54) is 18.0 Å². The molecule has 1 unspecified atom stereocenters. The summed E-state index contributed by atoms with van der Waals surface area (Å²) in [5.41, 5.74) is 4.25. The molecule has 1 aliphatic heterocycles. The van der Waals surface area contributed by atoms with Gasteiger partial charge >= 0.3 is 0 Å². The molecule has 0 spiro atoms. The fourth-order valence-electron chi connectivity index (χ4n) is 2.61. The van der Waals surface area contributed by atoms with Gasteiger partial charge in [-0.2, -0.15) is 0 Å². The molecule has 0 fully saturated rings. The first kappa shape index (κ1) is 18.4. The molecule has 7 nitrogen and oxygen atoms in total. The molecule has 1 amide bonds. The number of hydroxylamine groups is 1. The van der Waals surface area contributed by atoms with Crippen LogP contribution in [0.5, 0.6) is 0 Å². The van der Waals surface area contributed by atoms with Crippen molar-refractivity contribution in [3.8, 4) is 0 Å². The molecule has 1 aromatic rings. The van der Waals surface area contributed by atoms with E-state index >= 15 is 0 Å². The Morgan fingerprint density at radius 1 is 1.42 bits per heavy atom. The van der Waals surface area contributed by atoms with Crippen molar-refractivity contribution in [1.82, 2.24) is 5.48 Å². The lowest BCUT2D eigenvalue weighted by molar-refractivity contribution is -0.132. The van der Waals surface area contributed by atoms with Crippen LogP contribution in [-0.4, -0.2) is 42.4 Å². The second kappa shape index (κ2) is 6.90. The summed E-state index contributed by atoms with van der Waals surface area (Å²) in [5.74, 6) is -0.977. The van der Waals surface area contributed by atoms with E-state index in [2.05, 4.69) is 12.1 Å². The van der Waals surface area contributed by atoms with Crippen LogP contribution in [-0.2, 0) is 25.9 Å². The van der Waals surface area contributed by atoms with Crippen molar-refractivity contribution in [1.29, 1.82) is 0 Å². The minimum Gasteiger partial charge on any atom is -0.392 e. The molecule has 2 N–H and O–H groups in total. The minimum absolute atomic E-state index is 0.0989. The first-order chi connectivity index (χ1) is 11.2. The van der Waals surface area contributed by atoms with Crippen molar-refractivity contribution in [2.24, 2.45) is 5.16 Å². The molecule has 0 radical (unpaired) electrons. The van der Waals surface area contributed by atoms with Crippen molar-refractivity contribution in [3.05, 3.63) is 35.4 Å². The van der Waals surface area contributed by atoms with Gasteiger partial charge in [0.25, 0.3) is 5.91 Å². The minimum atomic E-state index is -3.76. The summed E-state index contributed by atoms with van der Waals surface area (Å²) in [6.45, 7) is 3.34. The molecule has 1 aliphatic rings. The average molecular weight is 354 g/mol. The van der Waals surface area contributed by atoms with Gasteiger partial charge in [0.1, 0.15) is 6.10 Å². The second-order valence-corrected chi connectivity index (χ2v) is 8.61. The van der Waals surface area contributed by atoms with Crippen LogP contribution in [0.3, 0.4) is 0 Å². The van der Waals surface area contributed by atoms with Crippen LogP contribution in [0.1, 0.15) is 37.8 Å². The molecular weight excluding hydrogens is 332 g/mol. The number of rotatable bonds is 6. The predicted octanol–water partition coefficient (Wildman–Crippen LogP) is 1.44. The molecule has 1 heterocycles. The quantitative estimate of drug-likeness (QED) is 0.594. The second-order valence-electron chi connectivity index (χ2n) is 6.17. The summed E-state index contributed by atoms with van der Waals surface area (Å²) in [5, 5.41) is 12.9. The molecule has 0 saturated heterocycles. The summed E-state index contributed by atoms with van der Waals surface area (Å²) < 4.78 is 22.2. The molecule has 132 valence electrons. The van der Waals surface area contributed by atoms with Crippen LogP contribution < -0.4 is 5.48 Å². The van der Waals surface area contributed by atoms with Gasteiger partial charge in [-0.05, 0) is 24.5 Å². The Morgan fingerprint density at radius 2 is 2.04 bits per heavy atom. The number of carbonyl (C=O) groups is 1. The molecule has 0 aliphatic carbocycles. The zero-order valence-electron chi connectivity index (χ0n) is 13.9. The summed E-state index contributed by atoms with van der Waals surface area (Å²) in [7, 11) is -3.76. The number of carbonyl (C=O) groups excluding carboxylic acids is 1. The van der Waals surface area contributed by atoms with Gasteiger partial charge in [-0.15, -0.1) is 0 Å². The zero-order valence-corrected chi connectivity index (χ0v) is 14.8. The first-order valence-corrected chi connectivity index (χ1v) is 9.56. The largest absolute Gasteiger partial charge is 0.392 e. The fourth-order valence-corrected chi connectivity index (χ4v) is 3.48. The lowest BCUT2D eigenvalue weighted by Crippen LogP contribution is -2.51. The molecule has 2 rings (SSSR count). The van der Waals surface area contributed by atoms with Gasteiger partial charge in [-0.1, -0.05) is 36.3 Å². The average Bonchev–Trinajstić information content (AvgIpc) is 3.01. The molecular formula is C16H22N2O5S. The number of amides is 1. The third-order valence-corrected chi connectivity index (χ3v) is 6.43. The first-order valence-electron chi connectivity index (χ1n) is 7.67. The van der Waals surface area contributed by atoms with Crippen LogP contribution in [0, 0.1) is 0 Å². The van der Waals surface area contributed by atoms with E-state index in [1.54, 1.807) is 0 Å². The van der Waals surface area contributed by atoms with E-state index < -0.39 is 26.6 Å². The van der Waals surface area contributed by atoms with E-state index in [-0.39, 0.29) is 6.42 Å². The van der Waals surface area contributed by atoms with Crippen LogP contribution in [0.15, 0.2) is 29.4 Å². The van der Waals surface area contributed by atoms with Crippen molar-refractivity contribution in [2.45, 2.75) is 44.0 Å². The number of oxime groups is 1. The number of nitrogens with zero attached hydrogens (tertiary/aromatic N) is 1. The third-order valence-electron chi connectivity index (χ3n) is 4.45. The van der Waals surface area contributed by atoms with Gasteiger partial charge in [0.2, 0.25) is 0 Å². The molecule has 2 atom stereocenters. The Hall–Kier alpha value is -1.93. The molecule has 8 heteroatoms. The number of benzene rings is 1. The Bertz CT molecular complexity index is 742. The molecule has 1 aromatic carbocycles. The zero-order chi connectivity index (χ0) is 18.0. The third kappa shape index (κ3) is 3.59. The highest BCUT2D eigenvalue weighted by molar-refractivity contribution is 7.92. The fraction of sp³-hybridized carbons (Fsp3) is 0.500. The summed E-state index contributed by atoms with van der Waals surface area (Å²) in [4.78, 5) is 17.2. The summed E-state index contributed by atoms with van der Waals surface area (Å²) >= 11 is 0. The van der Waals surface area contributed by atoms with E-state index in [0.29, 0.717) is 12.1 Å². The highest BCUT2D eigenvalue weighted by Crippen LogP contribution is 2.29. The van der Waals surface area contributed by atoms with Gasteiger partial charge in [-0.3, -0.25) is 10.0 Å². The smallest absolute Gasteiger partial charge is 0.264 e. The van der Waals surface area contributed by atoms with Gasteiger partial charge in [0.05, 0.1) is 5.71 Å². The van der Waals surface area contributed by atoms with Crippen LogP contribution in [0.2, 0.25) is 0 Å². The number of nitrogens with one attached hydrogen (secondary N) is 1. The normalized spacial score (nSPS) is 20.0. The Morgan fingerprint density at radius 3 is 2.54 bits per heavy atom. The number of hydrogen-bond acceptors (Lipinski definition) is 6. The Kier molecular flexibility index (Phi) is 5.29. The van der Waals surface area contributed by atoms with Crippen molar-refractivity contribution in [2.75, 3.05) is 6.26 Å². The highest BCUT2D eigenvalue weighted by Gasteiger charge is 2.47. The Labute approximate surface area is 141 Å². The molecule has 24 heavy (non-hydrogen) atoms. The maximum absolute atomic E-state index is 12.0. The topological polar surface area (TPSA) is 105 Å². The van der Waals surface area contributed by atoms with Gasteiger partial charge in [0, 0.05) is 19.1 Å². The molecule has 0 aromatic heterocycles. The maximum Gasteiger partial charge on any atom is 0.264 e. The molecule has 0 saturated carbocycles. The monoisotopic (exact) mass is 354 g/mol. The van der Waals surface area contributed by atoms with Gasteiger partial charge in [-0.25, -0.2) is 13.9 Å². The van der Waals surface area contributed by atoms with Crippen LogP contribution >= 0.6 is 0 Å². The van der Waals surface area contributed by atoms with E-state index in [0.717, 1.165) is 18.2 Å². The predicted molar refractivity (Wildman–Crippen MR) is 89.6 cm³/mol. The number of hydrogen-bond donors (Lipinski definition) is 2. The molecule has 0 bridgehead atoms. The van der Waals surface area contributed by atoms with Crippen LogP contribution in [0.25, 0.3) is 0 Å². The standard InChI is InChI=1S/C16H22N2O5S/c1-4-11-5-7-12(8-6-11)14-9-13(23-18-14)10-16(2,15(19)17-20)24(3,21)22/h5-8,13,20H,4,9-10H2,1-3H3,(H,17,19)/t13?,16-/m1/s1. The summed E-state index contributed by atoms with van der Waals surface area (Å²) in [6.07, 6.45) is 1.65. The Balaban J connectivity index is 2.12. The SMILES string of the molecule is CCc1ccc(C2=NOC(C[C@](C)(C(=O)NO)S(C)(=O)=O)C2)cc1. The van der Waals surface area contributed by atoms with Crippen LogP contribution in [0.4, 0.5) is 0 Å². The maximum atomic E-state index is 12.0. The van der Waals surface area contributed by atoms with Crippen molar-refractivity contribution in [3.63, 3.8) is 0 Å². The summed E-state index contributed by atoms with van der Waals surface area (Å²) in [6, 6.07) is 7.90. The van der Waals surface area contributed by atoms with Gasteiger partial charge < -0.3 is 4.84 Å². The van der Waals surface area contributed by atoms with E-state index in [9.17, 15) is 13.2 Å². The van der Waals surface area contributed by atoms with E-state index in [1.807, 2.05) is 24.3 Å². The number of aryl methyl sites for hydroxylation is 1. The van der Waals surface area contributed by atoms with Gasteiger partial charge in [0.15, 0.2) is 14.6 Å². The lowest BCUT2D eigenvalue weighted by Gasteiger charge is -2.26. The number of sulfone groups is 1. The van der Waals surface area contributed by atoms with Crippen molar-refractivity contribution < 1.29 is 23.3 Å². The lowest BCUT2D eigenvalue weighted by atomic mass is 9.96. The van der Waals surface area contributed by atoms with Crippen molar-refractivity contribution >= 4 is 21.5 Å².